The molecule has 0 aromatic rings. The standard InChI is InChI=1S/C5H11NO3.C5H9NO2.C5H11NO.C3H5O2.C2H7NO.8C2H6.2CH4.BI2.Y/c6-2-4-9-3-1-5(7)8;7-5-1-3-8-4-2-6-5;1-2-6-3-5-7-4-1;1-2-3(4)5;3-1-2-4;8*1-2;;;1-3-2;/h1-4,6H2,(H,7,8);1-4H2,(H,6,7);6H,1-5H2;1-2H2,(H,4,5);4H,1-3H2;8*1-2H3;2*1H4;;/q;;;-1;;;;;;;;;;;;-1;. The number of rotatable bonds is 7. The number of carboxylic acids is 2. The topological polar surface area (TPSA) is 216 Å². The van der Waals surface area contributed by atoms with Crippen LogP contribution in [-0.4, -0.2) is 118 Å². The average Bonchev–Trinajstić information content (AvgIpc) is 3.68. The Morgan fingerprint density at radius 2 is 1.13 bits per heavy atom. The van der Waals surface area contributed by atoms with Crippen LogP contribution < -0.4 is 39.1 Å². The Kier molecular flexibility index (Phi) is 287. The van der Waals surface area contributed by atoms with E-state index in [-0.39, 0.29) is 96.5 Å². The molecule has 0 bridgehead atoms. The summed E-state index contributed by atoms with van der Waals surface area (Å²) in [5.41, 5.74) is 14.8. The summed E-state index contributed by atoms with van der Waals surface area (Å²) in [6, 6.07) is 0. The number of carboxylic acid groups (broad SMARTS) is 2. The van der Waals surface area contributed by atoms with Crippen LogP contribution in [0, 0.1) is 6.92 Å². The first kappa shape index (κ1) is 101. The van der Waals surface area contributed by atoms with Crippen LogP contribution in [0.3, 0.4) is 0 Å². The van der Waals surface area contributed by atoms with Crippen molar-refractivity contribution in [2.24, 2.45) is 11.5 Å². The molecule has 2 aliphatic heterocycles. The molecule has 0 aromatic carbocycles. The van der Waals surface area contributed by atoms with Crippen LogP contribution in [0.2, 0.25) is 0 Å². The van der Waals surface area contributed by atoms with Crippen LogP contribution in [0.1, 0.15) is 151 Å². The summed E-state index contributed by atoms with van der Waals surface area (Å²) in [6.45, 7) is 42.6. The first-order chi connectivity index (χ1) is 25.3. The van der Waals surface area contributed by atoms with Crippen molar-refractivity contribution < 1.29 is 93.6 Å². The van der Waals surface area contributed by atoms with Gasteiger partial charge in [-0.3, -0.25) is 14.4 Å². The molecular weight excluding hydrogens is 1010 g/mol. The van der Waals surface area contributed by atoms with Crippen LogP contribution in [-0.2, 0) is 61.3 Å². The monoisotopic (exact) mass is 1110 g/mol. The molecule has 0 spiro atoms. The summed E-state index contributed by atoms with van der Waals surface area (Å²) in [7, 11) is 0. The second-order valence-electron chi connectivity index (χ2n) is 6.21. The van der Waals surface area contributed by atoms with Gasteiger partial charge in [-0.05, 0) is 13.0 Å². The van der Waals surface area contributed by atoms with Crippen molar-refractivity contribution in [2.45, 2.75) is 151 Å². The molecule has 0 saturated carbocycles. The number of aliphatic carboxylic acids is 2. The van der Waals surface area contributed by atoms with E-state index < -0.39 is 11.9 Å². The van der Waals surface area contributed by atoms with Crippen LogP contribution >= 0.6 is 18.6 Å². The van der Waals surface area contributed by atoms with E-state index in [9.17, 15) is 14.4 Å². The van der Waals surface area contributed by atoms with Gasteiger partial charge in [0.05, 0.1) is 46.1 Å². The molecule has 0 aromatic heterocycles. The van der Waals surface area contributed by atoms with E-state index in [1.807, 2.05) is 111 Å². The Labute approximate surface area is 391 Å². The minimum absolute atomic E-state index is 0. The third-order valence-corrected chi connectivity index (χ3v) is 3.17. The number of aliphatic hydroxyl groups is 1. The Bertz CT molecular complexity index is 462. The second kappa shape index (κ2) is 157. The van der Waals surface area contributed by atoms with Crippen molar-refractivity contribution in [2.75, 3.05) is 79.0 Å². The number of carbonyl (C=O) groups is 3. The van der Waals surface area contributed by atoms with Gasteiger partial charge in [-0.1, -0.05) is 132 Å². The number of aliphatic hydroxyl groups excluding tert-OH is 1. The summed E-state index contributed by atoms with van der Waals surface area (Å²) in [4.78, 5) is 29.6. The maximum atomic E-state index is 10.5. The molecule has 347 valence electrons. The zero-order valence-corrected chi connectivity index (χ0v) is 44.5. The van der Waals surface area contributed by atoms with Gasteiger partial charge in [0.2, 0.25) is 5.91 Å². The van der Waals surface area contributed by atoms with Gasteiger partial charge in [0, 0.05) is 71.9 Å². The quantitative estimate of drug-likeness (QED) is 0.0761. The Hall–Kier alpha value is 0.759. The Balaban J connectivity index is -0.0000000252. The van der Waals surface area contributed by atoms with Crippen molar-refractivity contribution in [1.29, 1.82) is 0 Å². The van der Waals surface area contributed by atoms with Crippen molar-refractivity contribution >= 4 is 42.2 Å². The minimum Gasteiger partial charge on any atom is -0.483 e. The van der Waals surface area contributed by atoms with E-state index >= 15 is 0 Å². The molecule has 17 heteroatoms. The zero-order chi connectivity index (χ0) is 44.3. The molecule has 2 saturated heterocycles. The van der Waals surface area contributed by atoms with E-state index in [4.69, 9.17) is 46.7 Å². The smallest absolute Gasteiger partial charge is 0.272 e. The van der Waals surface area contributed by atoms with Gasteiger partial charge < -0.3 is 58.6 Å². The second-order valence-corrected chi connectivity index (χ2v) is 9.84. The van der Waals surface area contributed by atoms with Crippen molar-refractivity contribution in [3.05, 3.63) is 6.92 Å². The molecule has 0 unspecified atom stereocenters. The molecule has 9 N–H and O–H groups in total. The fourth-order valence-corrected chi connectivity index (χ4v) is 1.63. The Morgan fingerprint density at radius 1 is 0.764 bits per heavy atom. The molecule has 55 heavy (non-hydrogen) atoms. The molecule has 0 atom stereocenters. The number of ether oxygens (including phenoxy) is 3. The van der Waals surface area contributed by atoms with Gasteiger partial charge in [-0.15, -0.1) is 0 Å². The first-order valence-electron chi connectivity index (χ1n) is 19.2. The minimum atomic E-state index is -0.856. The molecule has 0 aliphatic carbocycles. The van der Waals surface area contributed by atoms with Gasteiger partial charge in [0.15, 0.2) is 0 Å². The number of nitrogens with two attached hydrogens (primary N) is 2. The molecule has 1 amide bonds. The third-order valence-electron chi connectivity index (χ3n) is 3.17. The number of carbonyl (C=O) groups excluding carboxylic acids is 1. The average molecular weight is 1110 g/mol. The third kappa shape index (κ3) is 230. The Morgan fingerprint density at radius 3 is 1.45 bits per heavy atom. The molecule has 2 fully saturated rings. The largest absolute Gasteiger partial charge is 0.483 e. The summed E-state index contributed by atoms with van der Waals surface area (Å²) in [6.07, 6.45) is 1.71. The summed E-state index contributed by atoms with van der Waals surface area (Å²) >= 11 is 2.24. The van der Waals surface area contributed by atoms with Crippen LogP contribution in [0.4, 0.5) is 0 Å². The molecule has 2 aliphatic rings. The normalized spacial score (nSPS) is 10.2. The maximum Gasteiger partial charge on any atom is 0.272 e. The number of hydrogen-bond acceptors (Lipinski definition) is 10. The first-order valence-corrected chi connectivity index (χ1v) is 26.7. The van der Waals surface area contributed by atoms with E-state index in [1.54, 1.807) is 0 Å². The fraction of sp³-hybridized carbons (Fsp3) is 0.895. The van der Waals surface area contributed by atoms with Gasteiger partial charge in [-0.2, -0.15) is 0 Å². The van der Waals surface area contributed by atoms with Crippen LogP contribution in [0.5, 0.6) is 0 Å². The maximum absolute atomic E-state index is 10.5. The van der Waals surface area contributed by atoms with E-state index in [2.05, 4.69) is 36.2 Å². The molecular formula is C38H99BI2N4O9Y-2. The van der Waals surface area contributed by atoms with Crippen molar-refractivity contribution in [3.63, 3.8) is 0 Å². The predicted octanol–water partition coefficient (Wildman–Crippen LogP) is 5.18. The summed E-state index contributed by atoms with van der Waals surface area (Å²) in [5, 5.41) is 29.4. The summed E-state index contributed by atoms with van der Waals surface area (Å²) < 4.78 is 14.9. The SMILES string of the molecule is C.C.C1CNCCOC1.CC.CC.CC.CC.CC.CC.CC.CC.NCCO.NCCOCCC(=O)O.O=C1CCOCCN1.[B][I-]I.[CH2-]CC(=O)O.[Y]. The van der Waals surface area contributed by atoms with E-state index in [0.29, 0.717) is 45.9 Å². The van der Waals surface area contributed by atoms with Gasteiger partial charge >= 0.3 is 47.3 Å². The molecule has 2 heterocycles. The number of nitrogens with one attached hydrogen (secondary N) is 2. The van der Waals surface area contributed by atoms with Crippen molar-refractivity contribution in [3.8, 4) is 0 Å². The zero-order valence-electron chi connectivity index (χ0n) is 37.4. The number of amides is 1. The van der Waals surface area contributed by atoms with E-state index in [1.165, 1.54) is 6.42 Å². The van der Waals surface area contributed by atoms with Gasteiger partial charge in [0.25, 0.3) is 5.97 Å². The number of halogens is 2. The van der Waals surface area contributed by atoms with Crippen LogP contribution in [0.25, 0.3) is 0 Å². The van der Waals surface area contributed by atoms with Gasteiger partial charge in [-0.25, -0.2) is 0 Å². The van der Waals surface area contributed by atoms with Crippen LogP contribution in [0.15, 0.2) is 0 Å². The van der Waals surface area contributed by atoms with E-state index in [0.717, 1.165) is 26.3 Å². The number of hydrogen-bond donors (Lipinski definition) is 7. The van der Waals surface area contributed by atoms with Gasteiger partial charge in [0.1, 0.15) is 0 Å². The predicted molar refractivity (Wildman–Crippen MR) is 247 cm³/mol. The molecule has 3 radical (unpaired) electrons. The molecule has 13 nitrogen and oxygen atoms in total. The van der Waals surface area contributed by atoms with Crippen molar-refractivity contribution in [1.82, 2.24) is 10.6 Å². The summed E-state index contributed by atoms with van der Waals surface area (Å²) in [5.74, 6) is -1.60. The fourth-order valence-electron chi connectivity index (χ4n) is 1.63. The molecule has 2 rings (SSSR count).